The van der Waals surface area contributed by atoms with E-state index in [9.17, 15) is 32.4 Å². The Morgan fingerprint density at radius 3 is 2.18 bits per heavy atom. The summed E-state index contributed by atoms with van der Waals surface area (Å²) in [6.07, 6.45) is 9.13. The summed E-state index contributed by atoms with van der Waals surface area (Å²) in [7, 11) is -3.38. The molecule has 276 valence electrons. The van der Waals surface area contributed by atoms with E-state index in [4.69, 9.17) is 0 Å². The third-order valence-electron chi connectivity index (χ3n) is 12.1. The fraction of sp³-hybridized carbons (Fsp3) is 0.861. The molecule has 13 heteroatoms. The number of nitrogens with zero attached hydrogens (tertiary/aromatic N) is 1. The van der Waals surface area contributed by atoms with Crippen LogP contribution >= 0.6 is 0 Å². The molecule has 4 N–H and O–H groups in total. The van der Waals surface area contributed by atoms with Crippen LogP contribution in [0.2, 0.25) is 0 Å². The molecular weight excluding hydrogens is 646 g/mol. The average Bonchev–Trinajstić information content (AvgIpc) is 3.88. The van der Waals surface area contributed by atoms with E-state index in [-0.39, 0.29) is 29.0 Å². The molecule has 5 fully saturated rings. The molecule has 2 saturated heterocycles. The Bertz CT molecular complexity index is 1410. The SMILES string of the molecule is CCCC[C@H](NC(=O)[C@@H]1[C@@H]2[C@H](CN1C(=O)[C@@H](NC(=O)NC1([C@H]3CCCCS3(=O)=O)CCCCC1)C(C)(C)C)C2(C)C)C(=O)C(=O)NC1CC1. The lowest BCUT2D eigenvalue weighted by atomic mass is 9.77. The van der Waals surface area contributed by atoms with Crippen molar-refractivity contribution < 1.29 is 32.4 Å². The standard InChI is InChI=1S/C36H59N5O7S/c1-7-8-14-24(28(42)31(44)37-22-16-17-22)38-30(43)27-26-23(35(26,5)6)21-41(27)32(45)29(34(2,3)4)39-33(46)40-36(18-11-9-12-19-36)25-15-10-13-20-49(25,47)48/h22-27,29H,7-21H2,1-6H3,(H,37,44)(H,38,43)(H2,39,40,46)/t23-,24-,25+,26-,27-,29+/m0/s1. The molecule has 0 aromatic heterocycles. The summed E-state index contributed by atoms with van der Waals surface area (Å²) in [5.74, 6) is -2.13. The smallest absolute Gasteiger partial charge is 0.315 e. The molecule has 5 rings (SSSR count). The van der Waals surface area contributed by atoms with Crippen molar-refractivity contribution >= 4 is 39.4 Å². The van der Waals surface area contributed by atoms with Crippen LogP contribution in [0.3, 0.4) is 0 Å². The molecule has 0 aromatic carbocycles. The van der Waals surface area contributed by atoms with Crippen LogP contribution in [0.15, 0.2) is 0 Å². The third-order valence-corrected chi connectivity index (χ3v) is 14.5. The molecule has 49 heavy (non-hydrogen) atoms. The maximum absolute atomic E-state index is 14.5. The van der Waals surface area contributed by atoms with E-state index in [1.54, 1.807) is 4.90 Å². The first-order chi connectivity index (χ1) is 22.9. The summed E-state index contributed by atoms with van der Waals surface area (Å²) in [4.78, 5) is 69.9. The second kappa shape index (κ2) is 14.1. The number of urea groups is 1. The van der Waals surface area contributed by atoms with E-state index < -0.39 is 73.7 Å². The molecule has 5 aliphatic rings. The summed E-state index contributed by atoms with van der Waals surface area (Å²) >= 11 is 0. The largest absolute Gasteiger partial charge is 0.347 e. The summed E-state index contributed by atoms with van der Waals surface area (Å²) in [5.41, 5.74) is -1.82. The van der Waals surface area contributed by atoms with E-state index >= 15 is 0 Å². The normalized spacial score (nSPS) is 29.5. The van der Waals surface area contributed by atoms with Crippen LogP contribution in [0, 0.1) is 22.7 Å². The number of sulfone groups is 1. The van der Waals surface area contributed by atoms with Crippen molar-refractivity contribution in [2.75, 3.05) is 12.3 Å². The van der Waals surface area contributed by atoms with E-state index in [0.717, 1.165) is 44.9 Å². The Morgan fingerprint density at radius 1 is 0.918 bits per heavy atom. The van der Waals surface area contributed by atoms with Crippen molar-refractivity contribution in [3.05, 3.63) is 0 Å². The highest BCUT2D eigenvalue weighted by molar-refractivity contribution is 7.92. The predicted molar refractivity (Wildman–Crippen MR) is 186 cm³/mol. The number of ketones is 1. The second-order valence-corrected chi connectivity index (χ2v) is 19.5. The number of Topliss-reactive ketones (excluding diaryl/α,β-unsaturated/α-hetero) is 1. The molecule has 3 saturated carbocycles. The minimum atomic E-state index is -3.38. The van der Waals surface area contributed by atoms with Gasteiger partial charge in [0.1, 0.15) is 12.1 Å². The Morgan fingerprint density at radius 2 is 1.59 bits per heavy atom. The molecule has 2 aliphatic heterocycles. The van der Waals surface area contributed by atoms with Gasteiger partial charge in [-0.1, -0.05) is 80.1 Å². The van der Waals surface area contributed by atoms with Gasteiger partial charge in [-0.05, 0) is 67.6 Å². The Labute approximate surface area is 292 Å². The number of likely N-dealkylation sites (tertiary alicyclic amines) is 1. The predicted octanol–water partition coefficient (Wildman–Crippen LogP) is 3.38. The van der Waals surface area contributed by atoms with Gasteiger partial charge in [0.15, 0.2) is 9.84 Å². The van der Waals surface area contributed by atoms with Crippen molar-refractivity contribution in [2.45, 2.75) is 160 Å². The molecular formula is C36H59N5O7S. The minimum absolute atomic E-state index is 0.00837. The second-order valence-electron chi connectivity index (χ2n) is 17.2. The number of carbonyl (C=O) groups is 5. The summed E-state index contributed by atoms with van der Waals surface area (Å²) in [6, 6.07) is -3.42. The maximum Gasteiger partial charge on any atom is 0.315 e. The van der Waals surface area contributed by atoms with Crippen molar-refractivity contribution in [1.82, 2.24) is 26.2 Å². The molecule has 2 heterocycles. The molecule has 0 spiro atoms. The summed E-state index contributed by atoms with van der Waals surface area (Å²) in [6.45, 7) is 12.0. The van der Waals surface area contributed by atoms with Crippen LogP contribution in [0.25, 0.3) is 0 Å². The first-order valence-corrected chi connectivity index (χ1v) is 20.4. The van der Waals surface area contributed by atoms with Gasteiger partial charge >= 0.3 is 6.03 Å². The van der Waals surface area contributed by atoms with Gasteiger partial charge in [-0.2, -0.15) is 0 Å². The first-order valence-electron chi connectivity index (χ1n) is 18.7. The van der Waals surface area contributed by atoms with Crippen LogP contribution in [0.5, 0.6) is 0 Å². The van der Waals surface area contributed by atoms with Crippen LogP contribution < -0.4 is 21.3 Å². The van der Waals surface area contributed by atoms with Gasteiger partial charge in [-0.25, -0.2) is 13.2 Å². The minimum Gasteiger partial charge on any atom is -0.347 e. The molecule has 6 atom stereocenters. The highest BCUT2D eigenvalue weighted by atomic mass is 32.2. The number of rotatable bonds is 12. The first kappa shape index (κ1) is 37.6. The molecule has 0 unspecified atom stereocenters. The van der Waals surface area contributed by atoms with E-state index in [0.29, 0.717) is 45.1 Å². The quantitative estimate of drug-likeness (QED) is 0.226. The number of carbonyl (C=O) groups excluding carboxylic acids is 5. The average molecular weight is 706 g/mol. The number of fused-ring (bicyclic) bond motifs is 1. The van der Waals surface area contributed by atoms with Gasteiger partial charge in [0.05, 0.1) is 22.6 Å². The van der Waals surface area contributed by atoms with Gasteiger partial charge in [-0.3, -0.25) is 19.2 Å². The van der Waals surface area contributed by atoms with Crippen molar-refractivity contribution in [2.24, 2.45) is 22.7 Å². The van der Waals surface area contributed by atoms with Gasteiger partial charge in [0, 0.05) is 12.6 Å². The summed E-state index contributed by atoms with van der Waals surface area (Å²) in [5, 5.41) is 11.0. The van der Waals surface area contributed by atoms with E-state index in [1.165, 1.54) is 0 Å². The van der Waals surface area contributed by atoms with Crippen molar-refractivity contribution in [1.29, 1.82) is 0 Å². The monoisotopic (exact) mass is 705 g/mol. The zero-order valence-electron chi connectivity index (χ0n) is 30.4. The van der Waals surface area contributed by atoms with Gasteiger partial charge in [0.2, 0.25) is 17.6 Å². The number of hydrogen-bond donors (Lipinski definition) is 4. The Kier molecular flexibility index (Phi) is 10.8. The number of unbranched alkanes of at least 4 members (excludes halogenated alkanes) is 1. The van der Waals surface area contributed by atoms with E-state index in [1.807, 2.05) is 27.7 Å². The highest BCUT2D eigenvalue weighted by Crippen LogP contribution is 2.65. The maximum atomic E-state index is 14.5. The number of nitrogens with one attached hydrogen (secondary N) is 4. The van der Waals surface area contributed by atoms with Gasteiger partial charge < -0.3 is 26.2 Å². The van der Waals surface area contributed by atoms with Crippen LogP contribution in [0.4, 0.5) is 4.79 Å². The van der Waals surface area contributed by atoms with E-state index in [2.05, 4.69) is 35.1 Å². The lowest BCUT2D eigenvalue weighted by Gasteiger charge is -2.45. The van der Waals surface area contributed by atoms with Gasteiger partial charge in [0.25, 0.3) is 5.91 Å². The zero-order valence-corrected chi connectivity index (χ0v) is 31.2. The topological polar surface area (TPSA) is 171 Å². The van der Waals surface area contributed by atoms with Crippen LogP contribution in [-0.4, -0.2) is 90.1 Å². The third kappa shape index (κ3) is 7.96. The summed E-state index contributed by atoms with van der Waals surface area (Å²) < 4.78 is 26.5. The fourth-order valence-electron chi connectivity index (χ4n) is 8.88. The lowest BCUT2D eigenvalue weighted by Crippen LogP contribution is -2.66. The zero-order chi connectivity index (χ0) is 35.9. The van der Waals surface area contributed by atoms with Crippen LogP contribution in [-0.2, 0) is 29.0 Å². The number of piperidine rings is 1. The number of hydrogen-bond acceptors (Lipinski definition) is 7. The molecule has 0 radical (unpaired) electrons. The molecule has 5 amide bonds. The van der Waals surface area contributed by atoms with Crippen LogP contribution in [0.1, 0.15) is 125 Å². The molecule has 0 aromatic rings. The van der Waals surface area contributed by atoms with Gasteiger partial charge in [-0.15, -0.1) is 0 Å². The molecule has 12 nitrogen and oxygen atoms in total. The van der Waals surface area contributed by atoms with Crippen molar-refractivity contribution in [3.63, 3.8) is 0 Å². The highest BCUT2D eigenvalue weighted by Gasteiger charge is 2.70. The molecule has 3 aliphatic carbocycles. The number of amides is 5. The molecule has 0 bridgehead atoms. The fourth-order valence-corrected chi connectivity index (χ4v) is 11.3. The Hall–Kier alpha value is -2.70. The Balaban J connectivity index is 1.34. The van der Waals surface area contributed by atoms with Crippen molar-refractivity contribution in [3.8, 4) is 0 Å². The lowest BCUT2D eigenvalue weighted by molar-refractivity contribution is -0.145.